The minimum Gasteiger partial charge on any atom is -0.395 e. The van der Waals surface area contributed by atoms with Gasteiger partial charge in [-0.1, -0.05) is 26.0 Å². The summed E-state index contributed by atoms with van der Waals surface area (Å²) < 4.78 is 0. The average molecular weight is 264 g/mol. The van der Waals surface area contributed by atoms with Gasteiger partial charge in [0.2, 0.25) is 0 Å². The van der Waals surface area contributed by atoms with Crippen LogP contribution in [0.5, 0.6) is 0 Å². The van der Waals surface area contributed by atoms with E-state index >= 15 is 0 Å². The molecule has 106 valence electrons. The molecule has 1 aromatic carbocycles. The zero-order valence-electron chi connectivity index (χ0n) is 12.0. The van der Waals surface area contributed by atoms with Crippen LogP contribution in [0.15, 0.2) is 24.3 Å². The van der Waals surface area contributed by atoms with Gasteiger partial charge in [-0.15, -0.1) is 0 Å². The van der Waals surface area contributed by atoms with Gasteiger partial charge >= 0.3 is 6.03 Å². The maximum Gasteiger partial charge on any atom is 0.322 e. The topological polar surface area (TPSA) is 52.6 Å². The number of benzene rings is 1. The quantitative estimate of drug-likeness (QED) is 0.830. The fraction of sp³-hybridized carbons (Fsp3) is 0.533. The molecule has 0 atom stereocenters. The van der Waals surface area contributed by atoms with E-state index in [0.29, 0.717) is 6.54 Å². The number of hydrogen-bond donors (Lipinski definition) is 2. The van der Waals surface area contributed by atoms with Crippen molar-refractivity contribution < 1.29 is 9.90 Å². The zero-order chi connectivity index (χ0) is 14.3. The van der Waals surface area contributed by atoms with Crippen LogP contribution >= 0.6 is 0 Å². The van der Waals surface area contributed by atoms with Crippen LogP contribution in [0.4, 0.5) is 10.5 Å². The van der Waals surface area contributed by atoms with E-state index in [1.54, 1.807) is 4.90 Å². The molecule has 0 aliphatic carbocycles. The predicted octanol–water partition coefficient (Wildman–Crippen LogP) is 3.01. The van der Waals surface area contributed by atoms with Gasteiger partial charge in [0, 0.05) is 18.3 Å². The van der Waals surface area contributed by atoms with Crippen LogP contribution in [0, 0.1) is 6.92 Å². The molecule has 1 rings (SSSR count). The first-order valence-corrected chi connectivity index (χ1v) is 6.87. The monoisotopic (exact) mass is 264 g/mol. The first-order chi connectivity index (χ1) is 9.12. The molecule has 0 radical (unpaired) electrons. The van der Waals surface area contributed by atoms with Crippen LogP contribution in [0.25, 0.3) is 0 Å². The van der Waals surface area contributed by atoms with E-state index in [0.717, 1.165) is 24.1 Å². The Kier molecular flexibility index (Phi) is 6.36. The summed E-state index contributed by atoms with van der Waals surface area (Å²) in [5, 5.41) is 12.0. The smallest absolute Gasteiger partial charge is 0.322 e. The third-order valence-electron chi connectivity index (χ3n) is 3.25. The standard InChI is InChI=1S/C15H24N2O2/c1-4-14(5-2)17(9-10-18)15(19)16-13-8-6-7-12(3)11-13/h6-8,11,14,18H,4-5,9-10H2,1-3H3,(H,16,19). The Bertz CT molecular complexity index is 403. The molecule has 0 spiro atoms. The molecule has 0 saturated heterocycles. The molecule has 0 aliphatic rings. The molecule has 19 heavy (non-hydrogen) atoms. The summed E-state index contributed by atoms with van der Waals surface area (Å²) in [5.74, 6) is 0. The zero-order valence-corrected chi connectivity index (χ0v) is 12.0. The van der Waals surface area contributed by atoms with Crippen LogP contribution in [-0.2, 0) is 0 Å². The summed E-state index contributed by atoms with van der Waals surface area (Å²) in [5.41, 5.74) is 1.90. The van der Waals surface area contributed by atoms with Crippen LogP contribution in [0.1, 0.15) is 32.3 Å². The molecule has 2 amide bonds. The largest absolute Gasteiger partial charge is 0.395 e. The van der Waals surface area contributed by atoms with Crippen molar-refractivity contribution in [3.8, 4) is 0 Å². The number of aryl methyl sites for hydroxylation is 1. The van der Waals surface area contributed by atoms with Gasteiger partial charge in [0.25, 0.3) is 0 Å². The third kappa shape index (κ3) is 4.56. The maximum absolute atomic E-state index is 12.3. The number of hydrogen-bond acceptors (Lipinski definition) is 2. The summed E-state index contributed by atoms with van der Waals surface area (Å²) >= 11 is 0. The Morgan fingerprint density at radius 3 is 2.58 bits per heavy atom. The lowest BCUT2D eigenvalue weighted by atomic mass is 10.1. The molecule has 0 heterocycles. The molecule has 0 fully saturated rings. The second-order valence-electron chi connectivity index (χ2n) is 4.69. The van der Waals surface area contributed by atoms with Crippen molar-refractivity contribution in [1.82, 2.24) is 4.90 Å². The molecule has 4 heteroatoms. The fourth-order valence-electron chi connectivity index (χ4n) is 2.21. The third-order valence-corrected chi connectivity index (χ3v) is 3.25. The van der Waals surface area contributed by atoms with E-state index in [9.17, 15) is 4.79 Å². The summed E-state index contributed by atoms with van der Waals surface area (Å²) in [6.07, 6.45) is 1.77. The Balaban J connectivity index is 2.76. The number of nitrogens with one attached hydrogen (secondary N) is 1. The molecule has 0 saturated carbocycles. The van der Waals surface area contributed by atoms with Gasteiger partial charge in [-0.05, 0) is 37.5 Å². The van der Waals surface area contributed by atoms with Crippen molar-refractivity contribution in [2.24, 2.45) is 0 Å². The van der Waals surface area contributed by atoms with Gasteiger partial charge in [0.1, 0.15) is 0 Å². The number of aliphatic hydroxyl groups is 1. The molecular formula is C15H24N2O2. The van der Waals surface area contributed by atoms with E-state index in [1.807, 2.05) is 31.2 Å². The van der Waals surface area contributed by atoms with Crippen LogP contribution in [0.2, 0.25) is 0 Å². The SMILES string of the molecule is CCC(CC)N(CCO)C(=O)Nc1cccc(C)c1. The van der Waals surface area contributed by atoms with Crippen molar-refractivity contribution >= 4 is 11.7 Å². The van der Waals surface area contributed by atoms with E-state index in [-0.39, 0.29) is 18.7 Å². The highest BCUT2D eigenvalue weighted by molar-refractivity contribution is 5.89. The van der Waals surface area contributed by atoms with Gasteiger partial charge in [0.05, 0.1) is 6.61 Å². The molecule has 0 aromatic heterocycles. The van der Waals surface area contributed by atoms with Crippen LogP contribution in [-0.4, -0.2) is 35.2 Å². The molecule has 1 aromatic rings. The van der Waals surface area contributed by atoms with Crippen LogP contribution < -0.4 is 5.32 Å². The van der Waals surface area contributed by atoms with Crippen molar-refractivity contribution in [1.29, 1.82) is 0 Å². The lowest BCUT2D eigenvalue weighted by Gasteiger charge is -2.30. The van der Waals surface area contributed by atoms with Gasteiger partial charge in [0.15, 0.2) is 0 Å². The van der Waals surface area contributed by atoms with E-state index in [2.05, 4.69) is 19.2 Å². The fourth-order valence-corrected chi connectivity index (χ4v) is 2.21. The van der Waals surface area contributed by atoms with Crippen molar-refractivity contribution in [3.63, 3.8) is 0 Å². The molecule has 0 unspecified atom stereocenters. The lowest BCUT2D eigenvalue weighted by Crippen LogP contribution is -2.44. The summed E-state index contributed by atoms with van der Waals surface area (Å²) in [7, 11) is 0. The minimum atomic E-state index is -0.145. The molecular weight excluding hydrogens is 240 g/mol. The number of rotatable bonds is 6. The van der Waals surface area contributed by atoms with Crippen molar-refractivity contribution in [3.05, 3.63) is 29.8 Å². The number of amides is 2. The van der Waals surface area contributed by atoms with Gasteiger partial charge in [-0.25, -0.2) is 4.79 Å². The number of anilines is 1. The van der Waals surface area contributed by atoms with E-state index in [1.165, 1.54) is 0 Å². The maximum atomic E-state index is 12.3. The van der Waals surface area contributed by atoms with Crippen molar-refractivity contribution in [2.75, 3.05) is 18.5 Å². The number of carbonyl (C=O) groups is 1. The molecule has 2 N–H and O–H groups in total. The Hall–Kier alpha value is -1.55. The van der Waals surface area contributed by atoms with Gasteiger partial charge < -0.3 is 15.3 Å². The Labute approximate surface area is 115 Å². The van der Waals surface area contributed by atoms with Gasteiger partial charge in [-0.3, -0.25) is 0 Å². The molecule has 0 bridgehead atoms. The van der Waals surface area contributed by atoms with Crippen LogP contribution in [0.3, 0.4) is 0 Å². The highest BCUT2D eigenvalue weighted by atomic mass is 16.3. The normalized spacial score (nSPS) is 10.6. The highest BCUT2D eigenvalue weighted by Gasteiger charge is 2.20. The number of nitrogens with zero attached hydrogens (tertiary/aromatic N) is 1. The first kappa shape index (κ1) is 15.5. The lowest BCUT2D eigenvalue weighted by molar-refractivity contribution is 0.158. The van der Waals surface area contributed by atoms with E-state index < -0.39 is 0 Å². The minimum absolute atomic E-state index is 0.0161. The summed E-state index contributed by atoms with van der Waals surface area (Å²) in [6.45, 7) is 6.45. The number of aliphatic hydroxyl groups excluding tert-OH is 1. The molecule has 4 nitrogen and oxygen atoms in total. The second-order valence-corrected chi connectivity index (χ2v) is 4.69. The molecule has 0 aliphatic heterocycles. The van der Waals surface area contributed by atoms with Gasteiger partial charge in [-0.2, -0.15) is 0 Å². The first-order valence-electron chi connectivity index (χ1n) is 6.87. The van der Waals surface area contributed by atoms with E-state index in [4.69, 9.17) is 5.11 Å². The summed E-state index contributed by atoms with van der Waals surface area (Å²) in [6, 6.07) is 7.72. The number of carbonyl (C=O) groups excluding carboxylic acids is 1. The average Bonchev–Trinajstić information content (AvgIpc) is 2.39. The number of urea groups is 1. The Morgan fingerprint density at radius 1 is 1.37 bits per heavy atom. The predicted molar refractivity (Wildman–Crippen MR) is 78.4 cm³/mol. The Morgan fingerprint density at radius 2 is 2.05 bits per heavy atom. The summed E-state index contributed by atoms with van der Waals surface area (Å²) in [4.78, 5) is 14.0. The second kappa shape index (κ2) is 7.79. The highest BCUT2D eigenvalue weighted by Crippen LogP contribution is 2.14. The van der Waals surface area contributed by atoms with Crippen molar-refractivity contribution in [2.45, 2.75) is 39.7 Å².